The van der Waals surface area contributed by atoms with E-state index >= 15 is 0 Å². The molecule has 0 radical (unpaired) electrons. The monoisotopic (exact) mass is 357 g/mol. The number of rotatable bonds is 4. The summed E-state index contributed by atoms with van der Waals surface area (Å²) in [6.07, 6.45) is 3.79. The molecule has 0 unspecified atom stereocenters. The summed E-state index contributed by atoms with van der Waals surface area (Å²) in [6, 6.07) is 17.7. The molecule has 0 fully saturated rings. The minimum absolute atomic E-state index is 0.462. The Morgan fingerprint density at radius 1 is 0.958 bits per heavy atom. The second-order valence-electron chi connectivity index (χ2n) is 5.55. The fourth-order valence-electron chi connectivity index (χ4n) is 2.37. The zero-order chi connectivity index (χ0) is 17.1. The number of nitrogens with zero attached hydrogens (tertiary/aromatic N) is 3. The van der Waals surface area contributed by atoms with Gasteiger partial charge in [0, 0.05) is 31.7 Å². The summed E-state index contributed by atoms with van der Waals surface area (Å²) in [6.45, 7) is 0. The highest BCUT2D eigenvalue weighted by molar-refractivity contribution is 6.43. The number of hydrogen-bond acceptors (Lipinski definition) is 2. The largest absolute Gasteiger partial charge is 0.378 e. The Kier molecular flexibility index (Phi) is 4.93. The fourth-order valence-corrected chi connectivity index (χ4v) is 2.72. The first-order valence-electron chi connectivity index (χ1n) is 7.49. The summed E-state index contributed by atoms with van der Waals surface area (Å²) in [5.74, 6) is 0. The molecule has 0 N–H and O–H groups in total. The van der Waals surface area contributed by atoms with Crippen molar-refractivity contribution >= 4 is 40.8 Å². The second-order valence-corrected chi connectivity index (χ2v) is 6.33. The van der Waals surface area contributed by atoms with Gasteiger partial charge >= 0.3 is 0 Å². The predicted molar refractivity (Wildman–Crippen MR) is 104 cm³/mol. The SMILES string of the molecule is CN(C)c1ccc(-n2cccc2C=Nc2cccc(Cl)c2Cl)cc1. The number of aliphatic imine (C=N–C) groups is 1. The van der Waals surface area contributed by atoms with E-state index < -0.39 is 0 Å². The van der Waals surface area contributed by atoms with Gasteiger partial charge in [-0.3, -0.25) is 4.99 Å². The van der Waals surface area contributed by atoms with E-state index in [2.05, 4.69) is 38.7 Å². The molecule has 5 heteroatoms. The lowest BCUT2D eigenvalue weighted by molar-refractivity contribution is 1.06. The minimum atomic E-state index is 0.462. The molecular weight excluding hydrogens is 341 g/mol. The normalized spacial score (nSPS) is 11.2. The van der Waals surface area contributed by atoms with Gasteiger partial charge in [0.05, 0.1) is 27.6 Å². The van der Waals surface area contributed by atoms with Crippen LogP contribution in [0.1, 0.15) is 5.69 Å². The van der Waals surface area contributed by atoms with Crippen LogP contribution in [0.4, 0.5) is 11.4 Å². The average molecular weight is 358 g/mol. The summed E-state index contributed by atoms with van der Waals surface area (Å²) in [5, 5.41) is 0.963. The standard InChI is InChI=1S/C19H17Cl2N3/c1-23(2)14-8-10-15(11-9-14)24-12-4-5-16(24)13-22-18-7-3-6-17(20)19(18)21/h3-13H,1-2H3. The maximum Gasteiger partial charge on any atom is 0.0848 e. The third-order valence-electron chi connectivity index (χ3n) is 3.69. The first-order valence-corrected chi connectivity index (χ1v) is 8.25. The van der Waals surface area contributed by atoms with Crippen LogP contribution in [-0.2, 0) is 0 Å². The molecule has 0 aliphatic rings. The van der Waals surface area contributed by atoms with E-state index in [-0.39, 0.29) is 0 Å². The van der Waals surface area contributed by atoms with Crippen LogP contribution in [-0.4, -0.2) is 24.9 Å². The minimum Gasteiger partial charge on any atom is -0.378 e. The molecule has 0 atom stereocenters. The van der Waals surface area contributed by atoms with Gasteiger partial charge in [-0.15, -0.1) is 0 Å². The van der Waals surface area contributed by atoms with E-state index in [1.807, 2.05) is 44.6 Å². The zero-order valence-electron chi connectivity index (χ0n) is 13.4. The Morgan fingerprint density at radius 3 is 2.42 bits per heavy atom. The van der Waals surface area contributed by atoms with Gasteiger partial charge in [0.2, 0.25) is 0 Å². The first-order chi connectivity index (χ1) is 11.6. The Balaban J connectivity index is 1.90. The quantitative estimate of drug-likeness (QED) is 0.556. The molecule has 1 heterocycles. The lowest BCUT2D eigenvalue weighted by Crippen LogP contribution is -2.08. The fraction of sp³-hybridized carbons (Fsp3) is 0.105. The molecular formula is C19H17Cl2N3. The smallest absolute Gasteiger partial charge is 0.0848 e. The number of hydrogen-bond donors (Lipinski definition) is 0. The number of benzene rings is 2. The molecule has 3 rings (SSSR count). The molecule has 3 nitrogen and oxygen atoms in total. The van der Waals surface area contributed by atoms with E-state index in [0.717, 1.165) is 17.1 Å². The molecule has 0 saturated carbocycles. The van der Waals surface area contributed by atoms with E-state index in [1.54, 1.807) is 12.3 Å². The Morgan fingerprint density at radius 2 is 1.71 bits per heavy atom. The summed E-state index contributed by atoms with van der Waals surface area (Å²) >= 11 is 12.2. The predicted octanol–water partition coefficient (Wildman–Crippen LogP) is 5.60. The first kappa shape index (κ1) is 16.6. The van der Waals surface area contributed by atoms with E-state index in [0.29, 0.717) is 15.7 Å². The summed E-state index contributed by atoms with van der Waals surface area (Å²) < 4.78 is 2.07. The van der Waals surface area contributed by atoms with Crippen molar-refractivity contribution in [1.29, 1.82) is 0 Å². The molecule has 0 aliphatic heterocycles. The van der Waals surface area contributed by atoms with Gasteiger partial charge in [-0.1, -0.05) is 29.3 Å². The maximum atomic E-state index is 6.18. The van der Waals surface area contributed by atoms with Crippen LogP contribution in [0, 0.1) is 0 Å². The van der Waals surface area contributed by atoms with Crippen molar-refractivity contribution in [2.75, 3.05) is 19.0 Å². The van der Waals surface area contributed by atoms with Crippen molar-refractivity contribution in [2.45, 2.75) is 0 Å². The van der Waals surface area contributed by atoms with Gasteiger partial charge < -0.3 is 9.47 Å². The van der Waals surface area contributed by atoms with E-state index in [4.69, 9.17) is 23.2 Å². The highest BCUT2D eigenvalue weighted by atomic mass is 35.5. The van der Waals surface area contributed by atoms with Gasteiger partial charge in [-0.25, -0.2) is 0 Å². The third-order valence-corrected chi connectivity index (χ3v) is 4.50. The maximum absolute atomic E-state index is 6.18. The van der Waals surface area contributed by atoms with Crippen molar-refractivity contribution in [3.05, 3.63) is 76.5 Å². The van der Waals surface area contributed by atoms with Crippen LogP contribution in [0.25, 0.3) is 5.69 Å². The third kappa shape index (κ3) is 3.48. The summed E-state index contributed by atoms with van der Waals surface area (Å²) in [4.78, 5) is 6.54. The number of anilines is 1. The summed E-state index contributed by atoms with van der Waals surface area (Å²) in [7, 11) is 4.05. The van der Waals surface area contributed by atoms with Crippen LogP contribution >= 0.6 is 23.2 Å². The van der Waals surface area contributed by atoms with Crippen molar-refractivity contribution in [3.63, 3.8) is 0 Å². The van der Waals surface area contributed by atoms with Crippen LogP contribution in [0.5, 0.6) is 0 Å². The summed E-state index contributed by atoms with van der Waals surface area (Å²) in [5.41, 5.74) is 3.85. The van der Waals surface area contributed by atoms with Gasteiger partial charge in [0.15, 0.2) is 0 Å². The van der Waals surface area contributed by atoms with Gasteiger partial charge in [-0.2, -0.15) is 0 Å². The molecule has 0 bridgehead atoms. The van der Waals surface area contributed by atoms with E-state index in [9.17, 15) is 0 Å². The molecule has 122 valence electrons. The van der Waals surface area contributed by atoms with Crippen molar-refractivity contribution in [3.8, 4) is 5.69 Å². The van der Waals surface area contributed by atoms with Crippen molar-refractivity contribution < 1.29 is 0 Å². The van der Waals surface area contributed by atoms with Crippen LogP contribution in [0.3, 0.4) is 0 Å². The Bertz CT molecular complexity index is 865. The topological polar surface area (TPSA) is 20.5 Å². The Hall–Kier alpha value is -2.23. The van der Waals surface area contributed by atoms with Crippen molar-refractivity contribution in [1.82, 2.24) is 4.57 Å². The molecule has 0 saturated heterocycles. The molecule has 24 heavy (non-hydrogen) atoms. The highest BCUT2D eigenvalue weighted by Gasteiger charge is 2.05. The lowest BCUT2D eigenvalue weighted by atomic mass is 10.2. The van der Waals surface area contributed by atoms with Crippen LogP contribution in [0.2, 0.25) is 10.0 Å². The zero-order valence-corrected chi connectivity index (χ0v) is 15.0. The highest BCUT2D eigenvalue weighted by Crippen LogP contribution is 2.31. The van der Waals surface area contributed by atoms with Crippen molar-refractivity contribution in [2.24, 2.45) is 4.99 Å². The Labute approximate surface area is 151 Å². The molecule has 1 aromatic heterocycles. The molecule has 2 aromatic carbocycles. The lowest BCUT2D eigenvalue weighted by Gasteiger charge is -2.13. The van der Waals surface area contributed by atoms with Crippen LogP contribution in [0.15, 0.2) is 65.8 Å². The van der Waals surface area contributed by atoms with Gasteiger partial charge in [0.25, 0.3) is 0 Å². The van der Waals surface area contributed by atoms with Gasteiger partial charge in [-0.05, 0) is 48.5 Å². The van der Waals surface area contributed by atoms with Gasteiger partial charge in [0.1, 0.15) is 0 Å². The average Bonchev–Trinajstić information content (AvgIpc) is 3.05. The molecule has 3 aromatic rings. The second kappa shape index (κ2) is 7.12. The molecule has 0 aliphatic carbocycles. The number of aromatic nitrogens is 1. The molecule has 0 spiro atoms. The molecule has 0 amide bonds. The van der Waals surface area contributed by atoms with E-state index in [1.165, 1.54) is 0 Å². The number of halogens is 2. The van der Waals surface area contributed by atoms with Crippen LogP contribution < -0.4 is 4.90 Å².